The highest BCUT2D eigenvalue weighted by Crippen LogP contribution is 2.45. The Morgan fingerprint density at radius 1 is 1.16 bits per heavy atom. The van der Waals surface area contributed by atoms with Crippen LogP contribution in [0.1, 0.15) is 60.4 Å². The minimum atomic E-state index is -0.379. The van der Waals surface area contributed by atoms with E-state index < -0.39 is 0 Å². The Kier molecular flexibility index (Phi) is 5.54. The molecule has 7 heteroatoms. The van der Waals surface area contributed by atoms with Crippen molar-refractivity contribution in [1.29, 1.82) is 0 Å². The number of hydrogen-bond acceptors (Lipinski definition) is 4. The number of aliphatic hydroxyl groups excluding tert-OH is 1. The van der Waals surface area contributed by atoms with Crippen LogP contribution in [0.3, 0.4) is 0 Å². The van der Waals surface area contributed by atoms with Gasteiger partial charge in [-0.05, 0) is 41.2 Å². The molecule has 0 aliphatic carbocycles. The molecule has 162 valence electrons. The third kappa shape index (κ3) is 3.82. The number of aromatic nitrogens is 2. The summed E-state index contributed by atoms with van der Waals surface area (Å²) >= 11 is 6.17. The van der Waals surface area contributed by atoms with Crippen LogP contribution < -0.4 is 0 Å². The number of nitrogens with one attached hydrogen (secondary N) is 1. The first kappa shape index (κ1) is 21.4. The molecule has 1 aromatic heterocycles. The molecule has 0 saturated heterocycles. The Balaban J connectivity index is 1.86. The Morgan fingerprint density at radius 2 is 1.87 bits per heavy atom. The summed E-state index contributed by atoms with van der Waals surface area (Å²) in [4.78, 5) is 14.9. The van der Waals surface area contributed by atoms with Crippen molar-refractivity contribution in [2.45, 2.75) is 38.6 Å². The van der Waals surface area contributed by atoms with E-state index in [4.69, 9.17) is 11.6 Å². The number of phenolic OH excluding ortho intramolecular Hbond substituents is 1. The van der Waals surface area contributed by atoms with Crippen molar-refractivity contribution >= 4 is 17.5 Å². The lowest BCUT2D eigenvalue weighted by molar-refractivity contribution is 0.0732. The van der Waals surface area contributed by atoms with Gasteiger partial charge < -0.3 is 15.1 Å². The van der Waals surface area contributed by atoms with Crippen molar-refractivity contribution in [2.75, 3.05) is 13.2 Å². The number of phenols is 1. The van der Waals surface area contributed by atoms with E-state index in [-0.39, 0.29) is 29.7 Å². The van der Waals surface area contributed by atoms with E-state index in [1.165, 1.54) is 11.6 Å². The highest BCUT2D eigenvalue weighted by atomic mass is 35.5. The van der Waals surface area contributed by atoms with Crippen LogP contribution in [0, 0.1) is 0 Å². The van der Waals surface area contributed by atoms with Gasteiger partial charge in [0.2, 0.25) is 0 Å². The predicted octanol–water partition coefficient (Wildman–Crippen LogP) is 4.66. The maximum Gasteiger partial charge on any atom is 0.273 e. The highest BCUT2D eigenvalue weighted by molar-refractivity contribution is 6.31. The maximum absolute atomic E-state index is 13.2. The number of benzene rings is 2. The molecule has 1 atom stereocenters. The average molecular weight is 440 g/mol. The first-order valence-corrected chi connectivity index (χ1v) is 10.7. The maximum atomic E-state index is 13.2. The molecule has 2 heterocycles. The number of aliphatic hydroxyl groups is 1. The SMILES string of the molecule is CC(C)(C)c1ccc(C2c3c(-c4cc(Cl)ccc4O)n[nH]c3C(=O)N2CCCO)cc1. The van der Waals surface area contributed by atoms with Crippen LogP contribution in [0.4, 0.5) is 0 Å². The largest absolute Gasteiger partial charge is 0.507 e. The standard InChI is InChI=1S/C24H26ClN3O3/c1-24(2,3)15-7-5-14(6-8-15)22-19-20(17-13-16(25)9-10-18(17)30)26-27-21(19)23(31)28(22)11-4-12-29/h5-10,13,22,29-30H,4,11-12H2,1-3H3,(H,26,27). The van der Waals surface area contributed by atoms with Crippen molar-refractivity contribution in [2.24, 2.45) is 0 Å². The van der Waals surface area contributed by atoms with Crippen LogP contribution in [0.2, 0.25) is 5.02 Å². The van der Waals surface area contributed by atoms with Gasteiger partial charge in [0, 0.05) is 29.3 Å². The van der Waals surface area contributed by atoms with Gasteiger partial charge in [0.1, 0.15) is 17.1 Å². The van der Waals surface area contributed by atoms with Crippen LogP contribution in [-0.4, -0.2) is 44.4 Å². The quantitative estimate of drug-likeness (QED) is 0.539. The van der Waals surface area contributed by atoms with Gasteiger partial charge in [-0.3, -0.25) is 9.89 Å². The van der Waals surface area contributed by atoms with Crippen molar-refractivity contribution in [3.05, 3.63) is 69.9 Å². The first-order chi connectivity index (χ1) is 14.7. The molecular weight excluding hydrogens is 414 g/mol. The Hall–Kier alpha value is -2.83. The van der Waals surface area contributed by atoms with Crippen LogP contribution in [-0.2, 0) is 5.41 Å². The normalized spacial score (nSPS) is 16.1. The molecule has 0 fully saturated rings. The molecule has 6 nitrogen and oxygen atoms in total. The summed E-state index contributed by atoms with van der Waals surface area (Å²) in [7, 11) is 0. The number of H-pyrrole nitrogens is 1. The van der Waals surface area contributed by atoms with E-state index in [9.17, 15) is 15.0 Å². The van der Waals surface area contributed by atoms with Crippen LogP contribution in [0.15, 0.2) is 42.5 Å². The van der Waals surface area contributed by atoms with E-state index in [1.807, 2.05) is 12.1 Å². The van der Waals surface area contributed by atoms with Gasteiger partial charge in [0.15, 0.2) is 0 Å². The molecule has 1 aliphatic heterocycles. The molecule has 3 aromatic rings. The lowest BCUT2D eigenvalue weighted by Crippen LogP contribution is -2.31. The van der Waals surface area contributed by atoms with Crippen molar-refractivity contribution in [3.63, 3.8) is 0 Å². The second kappa shape index (κ2) is 8.02. The summed E-state index contributed by atoms with van der Waals surface area (Å²) < 4.78 is 0. The topological polar surface area (TPSA) is 89.5 Å². The Bertz CT molecular complexity index is 1120. The number of aromatic hydroxyl groups is 1. The van der Waals surface area contributed by atoms with E-state index >= 15 is 0 Å². The number of rotatable bonds is 5. The molecule has 0 saturated carbocycles. The number of halogens is 1. The minimum Gasteiger partial charge on any atom is -0.507 e. The summed E-state index contributed by atoms with van der Waals surface area (Å²) in [5.74, 6) is -0.129. The molecular formula is C24H26ClN3O3. The van der Waals surface area contributed by atoms with Gasteiger partial charge in [-0.1, -0.05) is 56.6 Å². The smallest absolute Gasteiger partial charge is 0.273 e. The fourth-order valence-electron chi connectivity index (χ4n) is 4.08. The number of aromatic amines is 1. The fourth-order valence-corrected chi connectivity index (χ4v) is 4.26. The lowest BCUT2D eigenvalue weighted by atomic mass is 9.85. The molecule has 0 spiro atoms. The number of carbonyl (C=O) groups excluding carboxylic acids is 1. The van der Waals surface area contributed by atoms with Crippen LogP contribution in [0.25, 0.3) is 11.3 Å². The summed E-state index contributed by atoms with van der Waals surface area (Å²) in [6.07, 6.45) is 0.470. The van der Waals surface area contributed by atoms with Crippen LogP contribution in [0.5, 0.6) is 5.75 Å². The molecule has 1 unspecified atom stereocenters. The zero-order valence-electron chi connectivity index (χ0n) is 17.8. The first-order valence-electron chi connectivity index (χ1n) is 10.3. The van der Waals surface area contributed by atoms with Gasteiger partial charge in [-0.2, -0.15) is 5.10 Å². The van der Waals surface area contributed by atoms with Crippen LogP contribution >= 0.6 is 11.6 Å². The number of nitrogens with zero attached hydrogens (tertiary/aromatic N) is 2. The number of fused-ring (bicyclic) bond motifs is 1. The number of hydrogen-bond donors (Lipinski definition) is 3. The van der Waals surface area contributed by atoms with Crippen molar-refractivity contribution < 1.29 is 15.0 Å². The zero-order valence-corrected chi connectivity index (χ0v) is 18.6. The van der Waals surface area contributed by atoms with Gasteiger partial charge in [-0.25, -0.2) is 0 Å². The second-order valence-electron chi connectivity index (χ2n) is 8.87. The monoisotopic (exact) mass is 439 g/mol. The number of amides is 1. The van der Waals surface area contributed by atoms with Gasteiger partial charge in [0.05, 0.1) is 6.04 Å². The number of carbonyl (C=O) groups is 1. The molecule has 2 aromatic carbocycles. The molecule has 1 amide bonds. The van der Waals surface area contributed by atoms with E-state index in [0.717, 1.165) is 5.56 Å². The van der Waals surface area contributed by atoms with Gasteiger partial charge in [-0.15, -0.1) is 0 Å². The van der Waals surface area contributed by atoms with E-state index in [2.05, 4.69) is 43.1 Å². The lowest BCUT2D eigenvalue weighted by Gasteiger charge is -2.27. The molecule has 0 radical (unpaired) electrons. The van der Waals surface area contributed by atoms with Crippen molar-refractivity contribution in [1.82, 2.24) is 15.1 Å². The average Bonchev–Trinajstić information content (AvgIpc) is 3.27. The Labute approximate surface area is 186 Å². The summed E-state index contributed by atoms with van der Waals surface area (Å²) in [6.45, 7) is 6.87. The second-order valence-corrected chi connectivity index (χ2v) is 9.31. The van der Waals surface area contributed by atoms with E-state index in [0.29, 0.717) is 40.5 Å². The van der Waals surface area contributed by atoms with Crippen molar-refractivity contribution in [3.8, 4) is 17.0 Å². The Morgan fingerprint density at radius 3 is 2.52 bits per heavy atom. The zero-order chi connectivity index (χ0) is 22.3. The molecule has 4 rings (SSSR count). The third-order valence-corrected chi connectivity index (χ3v) is 5.96. The molecule has 1 aliphatic rings. The molecule has 31 heavy (non-hydrogen) atoms. The van der Waals surface area contributed by atoms with E-state index in [1.54, 1.807) is 17.0 Å². The summed E-state index contributed by atoms with van der Waals surface area (Å²) in [6, 6.07) is 12.6. The van der Waals surface area contributed by atoms with Gasteiger partial charge >= 0.3 is 0 Å². The molecule has 3 N–H and O–H groups in total. The summed E-state index contributed by atoms with van der Waals surface area (Å²) in [5, 5.41) is 27.5. The fraction of sp³-hybridized carbons (Fsp3) is 0.333. The van der Waals surface area contributed by atoms with Gasteiger partial charge in [0.25, 0.3) is 5.91 Å². The molecule has 0 bridgehead atoms. The minimum absolute atomic E-state index is 0.00636. The predicted molar refractivity (Wildman–Crippen MR) is 120 cm³/mol. The summed E-state index contributed by atoms with van der Waals surface area (Å²) in [5.41, 5.74) is 4.24. The third-order valence-electron chi connectivity index (χ3n) is 5.73. The highest BCUT2D eigenvalue weighted by Gasteiger charge is 2.42.